The highest BCUT2D eigenvalue weighted by atomic mass is 35.5. The Kier molecular flexibility index (Phi) is 7.64. The SMILES string of the molecule is C=CC[C@H](c1ccccc1OC(F)F)N1CCNCC1.Cl. The Morgan fingerprint density at radius 1 is 1.29 bits per heavy atom. The molecule has 1 N–H and O–H groups in total. The molecule has 1 aromatic carbocycles. The first kappa shape index (κ1) is 17.9. The quantitative estimate of drug-likeness (QED) is 0.815. The highest BCUT2D eigenvalue weighted by Gasteiger charge is 2.24. The van der Waals surface area contributed by atoms with Gasteiger partial charge in [-0.3, -0.25) is 4.90 Å². The number of halogens is 3. The standard InChI is InChI=1S/C15H20F2N2O.ClH/c1-2-5-13(19-10-8-18-9-11-19)12-6-3-4-7-14(12)20-15(16)17;/h2-4,6-7,13,15,18H,1,5,8-11H2;1H/t13-;/m1./s1. The third kappa shape index (κ3) is 4.95. The number of piperazine rings is 1. The van der Waals surface area contributed by atoms with Crippen LogP contribution in [-0.2, 0) is 0 Å². The number of hydrogen-bond donors (Lipinski definition) is 1. The van der Waals surface area contributed by atoms with E-state index in [9.17, 15) is 8.78 Å². The van der Waals surface area contributed by atoms with E-state index in [-0.39, 0.29) is 24.2 Å². The number of nitrogens with zero attached hydrogens (tertiary/aromatic N) is 1. The number of alkyl halides is 2. The lowest BCUT2D eigenvalue weighted by atomic mass is 10.00. The lowest BCUT2D eigenvalue weighted by Gasteiger charge is -2.35. The average Bonchev–Trinajstić information content (AvgIpc) is 2.46. The Balaban J connectivity index is 0.00000220. The van der Waals surface area contributed by atoms with Crippen LogP contribution in [0.1, 0.15) is 18.0 Å². The van der Waals surface area contributed by atoms with Crippen molar-refractivity contribution in [1.82, 2.24) is 10.2 Å². The van der Waals surface area contributed by atoms with Crippen molar-refractivity contribution < 1.29 is 13.5 Å². The normalized spacial score (nSPS) is 17.1. The lowest BCUT2D eigenvalue weighted by molar-refractivity contribution is -0.0512. The van der Waals surface area contributed by atoms with Gasteiger partial charge >= 0.3 is 6.61 Å². The van der Waals surface area contributed by atoms with Crippen molar-refractivity contribution in [2.75, 3.05) is 26.2 Å². The van der Waals surface area contributed by atoms with Crippen molar-refractivity contribution in [1.29, 1.82) is 0 Å². The molecule has 0 aromatic heterocycles. The first-order valence-corrected chi connectivity index (χ1v) is 6.81. The maximum absolute atomic E-state index is 12.5. The van der Waals surface area contributed by atoms with Gasteiger partial charge < -0.3 is 10.1 Å². The number of rotatable bonds is 6. The molecule has 1 aliphatic rings. The predicted molar refractivity (Wildman–Crippen MR) is 82.3 cm³/mol. The summed E-state index contributed by atoms with van der Waals surface area (Å²) in [5.41, 5.74) is 0.801. The molecule has 0 bridgehead atoms. The zero-order valence-corrected chi connectivity index (χ0v) is 12.6. The third-order valence-electron chi connectivity index (χ3n) is 3.48. The van der Waals surface area contributed by atoms with Gasteiger partial charge in [-0.1, -0.05) is 24.3 Å². The summed E-state index contributed by atoms with van der Waals surface area (Å²) in [5, 5.41) is 3.29. The molecule has 118 valence electrons. The van der Waals surface area contributed by atoms with Crippen LogP contribution in [0.25, 0.3) is 0 Å². The molecular formula is C15H21ClF2N2O. The fraction of sp³-hybridized carbons (Fsp3) is 0.467. The molecular weight excluding hydrogens is 298 g/mol. The Morgan fingerprint density at radius 2 is 1.95 bits per heavy atom. The van der Waals surface area contributed by atoms with Gasteiger partial charge in [0.2, 0.25) is 0 Å². The second kappa shape index (κ2) is 8.97. The predicted octanol–water partition coefficient (Wildman–Crippen LogP) is 3.23. The molecule has 1 aromatic rings. The summed E-state index contributed by atoms with van der Waals surface area (Å²) in [6.45, 7) is 4.58. The molecule has 0 radical (unpaired) electrons. The first-order chi connectivity index (χ1) is 9.72. The third-order valence-corrected chi connectivity index (χ3v) is 3.48. The van der Waals surface area contributed by atoms with Crippen molar-refractivity contribution in [3.63, 3.8) is 0 Å². The van der Waals surface area contributed by atoms with Gasteiger partial charge in [-0.15, -0.1) is 19.0 Å². The van der Waals surface area contributed by atoms with E-state index in [0.717, 1.165) is 31.7 Å². The highest BCUT2D eigenvalue weighted by Crippen LogP contribution is 2.33. The first-order valence-electron chi connectivity index (χ1n) is 6.81. The minimum absolute atomic E-state index is 0. The van der Waals surface area contributed by atoms with E-state index >= 15 is 0 Å². The van der Waals surface area contributed by atoms with Crippen LogP contribution in [0.3, 0.4) is 0 Å². The summed E-state index contributed by atoms with van der Waals surface area (Å²) in [6.07, 6.45) is 2.54. The van der Waals surface area contributed by atoms with Crippen molar-refractivity contribution in [2.45, 2.75) is 19.1 Å². The molecule has 21 heavy (non-hydrogen) atoms. The van der Waals surface area contributed by atoms with E-state index in [1.54, 1.807) is 12.1 Å². The molecule has 1 aliphatic heterocycles. The summed E-state index contributed by atoms with van der Waals surface area (Å²) >= 11 is 0. The second-order valence-corrected chi connectivity index (χ2v) is 4.74. The van der Waals surface area contributed by atoms with Gasteiger partial charge in [0, 0.05) is 37.8 Å². The van der Waals surface area contributed by atoms with Gasteiger partial charge in [-0.05, 0) is 12.5 Å². The van der Waals surface area contributed by atoms with Gasteiger partial charge in [-0.25, -0.2) is 0 Å². The Bertz CT molecular complexity index is 439. The number of nitrogens with one attached hydrogen (secondary N) is 1. The van der Waals surface area contributed by atoms with E-state index in [0.29, 0.717) is 6.42 Å². The van der Waals surface area contributed by atoms with Crippen LogP contribution in [0, 0.1) is 0 Å². The molecule has 0 spiro atoms. The fourth-order valence-electron chi connectivity index (χ4n) is 2.58. The minimum atomic E-state index is -2.80. The van der Waals surface area contributed by atoms with Crippen molar-refractivity contribution in [3.8, 4) is 5.75 Å². The fourth-order valence-corrected chi connectivity index (χ4v) is 2.58. The summed E-state index contributed by atoms with van der Waals surface area (Å²) in [5.74, 6) is 0.257. The number of benzene rings is 1. The van der Waals surface area contributed by atoms with Crippen LogP contribution in [0.15, 0.2) is 36.9 Å². The van der Waals surface area contributed by atoms with E-state index in [1.807, 2.05) is 18.2 Å². The molecule has 0 aliphatic carbocycles. The van der Waals surface area contributed by atoms with Crippen molar-refractivity contribution >= 4 is 12.4 Å². The van der Waals surface area contributed by atoms with E-state index in [1.165, 1.54) is 0 Å². The number of ether oxygens (including phenoxy) is 1. The van der Waals surface area contributed by atoms with Crippen LogP contribution in [0.5, 0.6) is 5.75 Å². The maximum Gasteiger partial charge on any atom is 0.387 e. The topological polar surface area (TPSA) is 24.5 Å². The highest BCUT2D eigenvalue weighted by molar-refractivity contribution is 5.85. The molecule has 3 nitrogen and oxygen atoms in total. The molecule has 0 amide bonds. The molecule has 1 saturated heterocycles. The van der Waals surface area contributed by atoms with Crippen LogP contribution < -0.4 is 10.1 Å². The molecule has 2 rings (SSSR count). The molecule has 0 saturated carbocycles. The molecule has 1 atom stereocenters. The van der Waals surface area contributed by atoms with Gasteiger partial charge in [0.1, 0.15) is 5.75 Å². The summed E-state index contributed by atoms with van der Waals surface area (Å²) in [6, 6.07) is 7.05. The van der Waals surface area contributed by atoms with E-state index in [4.69, 9.17) is 0 Å². The summed E-state index contributed by atoms with van der Waals surface area (Å²) in [4.78, 5) is 2.28. The minimum Gasteiger partial charge on any atom is -0.434 e. The van der Waals surface area contributed by atoms with Crippen LogP contribution in [0.4, 0.5) is 8.78 Å². The van der Waals surface area contributed by atoms with Crippen LogP contribution in [-0.4, -0.2) is 37.7 Å². The lowest BCUT2D eigenvalue weighted by Crippen LogP contribution is -2.45. The Labute approximate surface area is 130 Å². The van der Waals surface area contributed by atoms with Crippen LogP contribution >= 0.6 is 12.4 Å². The number of hydrogen-bond acceptors (Lipinski definition) is 3. The van der Waals surface area contributed by atoms with Crippen molar-refractivity contribution in [2.24, 2.45) is 0 Å². The average molecular weight is 319 g/mol. The Hall–Kier alpha value is -1.17. The summed E-state index contributed by atoms with van der Waals surface area (Å²) < 4.78 is 29.7. The molecule has 6 heteroatoms. The Morgan fingerprint density at radius 3 is 2.57 bits per heavy atom. The van der Waals surface area contributed by atoms with Gasteiger partial charge in [-0.2, -0.15) is 8.78 Å². The molecule has 1 heterocycles. The maximum atomic E-state index is 12.5. The van der Waals surface area contributed by atoms with Gasteiger partial charge in [0.15, 0.2) is 0 Å². The van der Waals surface area contributed by atoms with Crippen LogP contribution in [0.2, 0.25) is 0 Å². The second-order valence-electron chi connectivity index (χ2n) is 4.74. The van der Waals surface area contributed by atoms with Crippen molar-refractivity contribution in [3.05, 3.63) is 42.5 Å². The van der Waals surface area contributed by atoms with E-state index < -0.39 is 6.61 Å². The summed E-state index contributed by atoms with van der Waals surface area (Å²) in [7, 11) is 0. The smallest absolute Gasteiger partial charge is 0.387 e. The zero-order chi connectivity index (χ0) is 14.4. The van der Waals surface area contributed by atoms with Gasteiger partial charge in [0.05, 0.1) is 0 Å². The van der Waals surface area contributed by atoms with E-state index in [2.05, 4.69) is 21.5 Å². The monoisotopic (exact) mass is 318 g/mol. The molecule has 1 fully saturated rings. The number of para-hydroxylation sites is 1. The van der Waals surface area contributed by atoms with Gasteiger partial charge in [0.25, 0.3) is 0 Å². The molecule has 0 unspecified atom stereocenters. The largest absolute Gasteiger partial charge is 0.434 e. The zero-order valence-electron chi connectivity index (χ0n) is 11.8.